The third kappa shape index (κ3) is 1.24. The Balaban J connectivity index is 2.23. The van der Waals surface area contributed by atoms with Gasteiger partial charge in [-0.05, 0) is 43.6 Å². The SMILES string of the molecule is OC1=C2CCCCC2CCC1O. The second-order valence-corrected chi connectivity index (χ2v) is 3.95. The van der Waals surface area contributed by atoms with Gasteiger partial charge in [0.2, 0.25) is 0 Å². The molecule has 2 heteroatoms. The highest BCUT2D eigenvalue weighted by Gasteiger charge is 2.29. The van der Waals surface area contributed by atoms with Crippen LogP contribution in [0.1, 0.15) is 38.5 Å². The van der Waals surface area contributed by atoms with Crippen LogP contribution in [0.25, 0.3) is 0 Å². The summed E-state index contributed by atoms with van der Waals surface area (Å²) in [5.41, 5.74) is 1.15. The molecular weight excluding hydrogens is 152 g/mol. The zero-order valence-corrected chi connectivity index (χ0v) is 7.29. The van der Waals surface area contributed by atoms with Gasteiger partial charge in [0.15, 0.2) is 0 Å². The van der Waals surface area contributed by atoms with Crippen LogP contribution in [0.4, 0.5) is 0 Å². The average Bonchev–Trinajstić information content (AvgIpc) is 2.12. The summed E-state index contributed by atoms with van der Waals surface area (Å²) in [7, 11) is 0. The molecular formula is C10H16O2. The van der Waals surface area contributed by atoms with Gasteiger partial charge in [-0.1, -0.05) is 6.42 Å². The van der Waals surface area contributed by atoms with Gasteiger partial charge in [0.25, 0.3) is 0 Å². The number of aliphatic hydroxyl groups excluding tert-OH is 2. The molecule has 0 radical (unpaired) electrons. The van der Waals surface area contributed by atoms with Crippen molar-refractivity contribution in [2.75, 3.05) is 0 Å². The first-order valence-electron chi connectivity index (χ1n) is 4.89. The first-order valence-corrected chi connectivity index (χ1v) is 4.89. The van der Waals surface area contributed by atoms with E-state index >= 15 is 0 Å². The second kappa shape index (κ2) is 3.09. The maximum atomic E-state index is 9.60. The molecule has 2 atom stereocenters. The minimum Gasteiger partial charge on any atom is -0.510 e. The van der Waals surface area contributed by atoms with Crippen molar-refractivity contribution in [3.05, 3.63) is 11.3 Å². The number of aliphatic hydroxyl groups is 2. The Kier molecular flexibility index (Phi) is 2.09. The number of hydrogen-bond acceptors (Lipinski definition) is 2. The Morgan fingerprint density at radius 1 is 1.08 bits per heavy atom. The summed E-state index contributed by atoms with van der Waals surface area (Å²) in [5.74, 6) is 0.883. The molecule has 0 aromatic rings. The third-order valence-electron chi connectivity index (χ3n) is 3.17. The van der Waals surface area contributed by atoms with Crippen molar-refractivity contribution < 1.29 is 10.2 Å². The van der Waals surface area contributed by atoms with Crippen molar-refractivity contribution in [3.63, 3.8) is 0 Å². The van der Waals surface area contributed by atoms with Crippen LogP contribution in [0.2, 0.25) is 0 Å². The molecule has 2 N–H and O–H groups in total. The standard InChI is InChI=1S/C10H16O2/c11-9-6-5-7-3-1-2-4-8(7)10(9)12/h7,9,11-12H,1-6H2. The number of rotatable bonds is 0. The van der Waals surface area contributed by atoms with Crippen molar-refractivity contribution in [1.82, 2.24) is 0 Å². The van der Waals surface area contributed by atoms with E-state index in [-0.39, 0.29) is 0 Å². The molecule has 0 aliphatic heterocycles. The van der Waals surface area contributed by atoms with E-state index in [2.05, 4.69) is 0 Å². The lowest BCUT2D eigenvalue weighted by Crippen LogP contribution is -2.25. The van der Waals surface area contributed by atoms with Crippen LogP contribution in [0.15, 0.2) is 11.3 Å². The highest BCUT2D eigenvalue weighted by Crippen LogP contribution is 2.38. The predicted octanol–water partition coefficient (Wildman–Crippen LogP) is 2.14. The first-order chi connectivity index (χ1) is 5.79. The van der Waals surface area contributed by atoms with Crippen LogP contribution in [0.5, 0.6) is 0 Å². The third-order valence-corrected chi connectivity index (χ3v) is 3.17. The Hall–Kier alpha value is -0.500. The topological polar surface area (TPSA) is 40.5 Å². The summed E-state index contributed by atoms with van der Waals surface area (Å²) in [5, 5.41) is 19.0. The maximum Gasteiger partial charge on any atom is 0.120 e. The minimum absolute atomic E-state index is 0.297. The zero-order valence-electron chi connectivity index (χ0n) is 7.29. The number of allylic oxidation sites excluding steroid dienone is 1. The Bertz CT molecular complexity index is 208. The molecule has 0 aromatic heterocycles. The Labute approximate surface area is 72.9 Å². The molecule has 2 nitrogen and oxygen atoms in total. The van der Waals surface area contributed by atoms with Crippen molar-refractivity contribution in [2.45, 2.75) is 44.6 Å². The molecule has 0 spiro atoms. The zero-order chi connectivity index (χ0) is 8.55. The molecule has 0 amide bonds. The highest BCUT2D eigenvalue weighted by molar-refractivity contribution is 5.19. The van der Waals surface area contributed by atoms with Crippen LogP contribution in [-0.2, 0) is 0 Å². The molecule has 68 valence electrons. The number of fused-ring (bicyclic) bond motifs is 1. The quantitative estimate of drug-likeness (QED) is 0.581. The molecule has 2 unspecified atom stereocenters. The van der Waals surface area contributed by atoms with Gasteiger partial charge in [-0.2, -0.15) is 0 Å². The molecule has 1 saturated carbocycles. The molecule has 2 aliphatic rings. The van der Waals surface area contributed by atoms with E-state index in [0.717, 1.165) is 24.8 Å². The monoisotopic (exact) mass is 168 g/mol. The second-order valence-electron chi connectivity index (χ2n) is 3.95. The fraction of sp³-hybridized carbons (Fsp3) is 0.800. The normalized spacial score (nSPS) is 36.4. The minimum atomic E-state index is -0.561. The smallest absolute Gasteiger partial charge is 0.120 e. The number of hydrogen-bond donors (Lipinski definition) is 2. The maximum absolute atomic E-state index is 9.60. The summed E-state index contributed by atoms with van der Waals surface area (Å²) < 4.78 is 0. The molecule has 1 fully saturated rings. The first kappa shape index (κ1) is 8.11. The fourth-order valence-corrected chi connectivity index (χ4v) is 2.45. The van der Waals surface area contributed by atoms with Crippen LogP contribution >= 0.6 is 0 Å². The van der Waals surface area contributed by atoms with Crippen molar-refractivity contribution in [1.29, 1.82) is 0 Å². The molecule has 0 heterocycles. The van der Waals surface area contributed by atoms with Crippen LogP contribution in [-0.4, -0.2) is 16.3 Å². The largest absolute Gasteiger partial charge is 0.510 e. The average molecular weight is 168 g/mol. The van der Waals surface area contributed by atoms with Gasteiger partial charge in [0.1, 0.15) is 11.9 Å². The summed E-state index contributed by atoms with van der Waals surface area (Å²) in [6.07, 6.45) is 5.95. The van der Waals surface area contributed by atoms with E-state index in [4.69, 9.17) is 0 Å². The van der Waals surface area contributed by atoms with E-state index in [0.29, 0.717) is 11.7 Å². The van der Waals surface area contributed by atoms with Gasteiger partial charge in [0.05, 0.1) is 0 Å². The van der Waals surface area contributed by atoms with Gasteiger partial charge in [0, 0.05) is 0 Å². The van der Waals surface area contributed by atoms with Gasteiger partial charge in [-0.15, -0.1) is 0 Å². The lowest BCUT2D eigenvalue weighted by molar-refractivity contribution is 0.114. The fourth-order valence-electron chi connectivity index (χ4n) is 2.45. The molecule has 0 aromatic carbocycles. The molecule has 2 rings (SSSR count). The summed E-state index contributed by atoms with van der Waals surface area (Å²) >= 11 is 0. The predicted molar refractivity (Wildman–Crippen MR) is 46.9 cm³/mol. The van der Waals surface area contributed by atoms with Gasteiger partial charge in [-0.25, -0.2) is 0 Å². The molecule has 0 bridgehead atoms. The molecule has 2 aliphatic carbocycles. The highest BCUT2D eigenvalue weighted by atomic mass is 16.3. The molecule has 0 saturated heterocycles. The van der Waals surface area contributed by atoms with Gasteiger partial charge >= 0.3 is 0 Å². The van der Waals surface area contributed by atoms with Crippen molar-refractivity contribution in [3.8, 4) is 0 Å². The van der Waals surface area contributed by atoms with Crippen LogP contribution in [0.3, 0.4) is 0 Å². The van der Waals surface area contributed by atoms with E-state index < -0.39 is 6.10 Å². The Morgan fingerprint density at radius 3 is 2.75 bits per heavy atom. The Morgan fingerprint density at radius 2 is 1.92 bits per heavy atom. The van der Waals surface area contributed by atoms with E-state index in [9.17, 15) is 10.2 Å². The van der Waals surface area contributed by atoms with E-state index in [1.54, 1.807) is 0 Å². The lowest BCUT2D eigenvalue weighted by atomic mass is 9.76. The van der Waals surface area contributed by atoms with E-state index in [1.165, 1.54) is 19.3 Å². The van der Waals surface area contributed by atoms with Crippen LogP contribution in [0, 0.1) is 5.92 Å². The van der Waals surface area contributed by atoms with E-state index in [1.807, 2.05) is 0 Å². The van der Waals surface area contributed by atoms with Crippen molar-refractivity contribution >= 4 is 0 Å². The van der Waals surface area contributed by atoms with Crippen molar-refractivity contribution in [2.24, 2.45) is 5.92 Å². The summed E-state index contributed by atoms with van der Waals surface area (Å²) in [6, 6.07) is 0. The summed E-state index contributed by atoms with van der Waals surface area (Å²) in [4.78, 5) is 0. The van der Waals surface area contributed by atoms with Crippen LogP contribution < -0.4 is 0 Å². The lowest BCUT2D eigenvalue weighted by Gasteiger charge is -2.32. The van der Waals surface area contributed by atoms with Gasteiger partial charge < -0.3 is 10.2 Å². The van der Waals surface area contributed by atoms with Gasteiger partial charge in [-0.3, -0.25) is 0 Å². The summed E-state index contributed by atoms with van der Waals surface area (Å²) in [6.45, 7) is 0. The molecule has 12 heavy (non-hydrogen) atoms.